The van der Waals surface area contributed by atoms with Gasteiger partial charge in [-0.05, 0) is 49.9 Å². The fraction of sp³-hybridized carbons (Fsp3) is 0.833. The van der Waals surface area contributed by atoms with Crippen LogP contribution in [0.4, 0.5) is 0 Å². The minimum atomic E-state index is -0.303. The first-order valence-electron chi connectivity index (χ1n) is 6.11. The summed E-state index contributed by atoms with van der Waals surface area (Å²) in [4.78, 5) is 23.1. The van der Waals surface area contributed by atoms with E-state index in [1.807, 2.05) is 0 Å². The van der Waals surface area contributed by atoms with Crippen LogP contribution in [0.25, 0.3) is 0 Å². The fourth-order valence-corrected chi connectivity index (χ4v) is 4.79. The smallest absolute Gasteiger partial charge is 0.223 e. The summed E-state index contributed by atoms with van der Waals surface area (Å²) in [7, 11) is 0. The van der Waals surface area contributed by atoms with E-state index in [9.17, 15) is 9.59 Å². The summed E-state index contributed by atoms with van der Waals surface area (Å²) in [5.41, 5.74) is 10.7. The lowest BCUT2D eigenvalue weighted by atomic mass is 9.46. The van der Waals surface area contributed by atoms with Gasteiger partial charge in [-0.15, -0.1) is 0 Å². The van der Waals surface area contributed by atoms with Crippen LogP contribution >= 0.6 is 0 Å². The van der Waals surface area contributed by atoms with Gasteiger partial charge in [-0.25, -0.2) is 0 Å². The average Bonchev–Trinajstić information content (AvgIpc) is 2.14. The molecule has 4 aliphatic rings. The van der Waals surface area contributed by atoms with Crippen LogP contribution in [-0.2, 0) is 9.59 Å². The molecule has 0 aromatic rings. The average molecular weight is 222 g/mol. The first-order valence-corrected chi connectivity index (χ1v) is 6.11. The standard InChI is InChI=1S/C12H18N2O2/c13-10(15)9-7-1-6-2-8(9)5-12(3-6,4-7)11(14)16/h6-9H,1-5H2,(H2,13,15)(H2,14,16)/t6?,7-,8+,9?,12?. The highest BCUT2D eigenvalue weighted by atomic mass is 16.1. The number of primary amides is 2. The van der Waals surface area contributed by atoms with Crippen LogP contribution < -0.4 is 11.5 Å². The van der Waals surface area contributed by atoms with E-state index in [1.165, 1.54) is 0 Å². The third-order valence-electron chi connectivity index (χ3n) is 5.12. The van der Waals surface area contributed by atoms with Gasteiger partial charge in [-0.1, -0.05) is 0 Å². The molecular formula is C12H18N2O2. The van der Waals surface area contributed by atoms with Crippen LogP contribution in [0.2, 0.25) is 0 Å². The van der Waals surface area contributed by atoms with Gasteiger partial charge in [0.2, 0.25) is 11.8 Å². The molecule has 0 spiro atoms. The van der Waals surface area contributed by atoms with Crippen LogP contribution in [0.1, 0.15) is 32.1 Å². The van der Waals surface area contributed by atoms with E-state index in [4.69, 9.17) is 11.5 Å². The van der Waals surface area contributed by atoms with Crippen molar-refractivity contribution in [3.05, 3.63) is 0 Å². The molecule has 4 fully saturated rings. The Morgan fingerprint density at radius 3 is 2.00 bits per heavy atom. The number of amides is 2. The van der Waals surface area contributed by atoms with Crippen molar-refractivity contribution in [3.8, 4) is 0 Å². The summed E-state index contributed by atoms with van der Waals surface area (Å²) in [6, 6.07) is 0. The molecule has 2 amide bonds. The summed E-state index contributed by atoms with van der Waals surface area (Å²) >= 11 is 0. The summed E-state index contributed by atoms with van der Waals surface area (Å²) < 4.78 is 0. The Morgan fingerprint density at radius 2 is 1.56 bits per heavy atom. The third-order valence-corrected chi connectivity index (χ3v) is 5.12. The Hall–Kier alpha value is -1.06. The van der Waals surface area contributed by atoms with E-state index >= 15 is 0 Å². The largest absolute Gasteiger partial charge is 0.369 e. The number of carbonyl (C=O) groups is 2. The number of carbonyl (C=O) groups excluding carboxylic acids is 2. The first-order chi connectivity index (χ1) is 7.52. The first kappa shape index (κ1) is 10.1. The monoisotopic (exact) mass is 222 g/mol. The maximum atomic E-state index is 11.6. The van der Waals surface area contributed by atoms with Crippen molar-refractivity contribution in [2.75, 3.05) is 0 Å². The maximum Gasteiger partial charge on any atom is 0.223 e. The molecule has 0 aliphatic heterocycles. The Labute approximate surface area is 94.7 Å². The van der Waals surface area contributed by atoms with Crippen molar-refractivity contribution in [2.24, 2.45) is 40.6 Å². The van der Waals surface area contributed by atoms with E-state index in [0.29, 0.717) is 17.8 Å². The van der Waals surface area contributed by atoms with Crippen LogP contribution in [0, 0.1) is 29.1 Å². The molecular weight excluding hydrogens is 204 g/mol. The van der Waals surface area contributed by atoms with Gasteiger partial charge < -0.3 is 11.5 Å². The molecule has 3 unspecified atom stereocenters. The second-order valence-corrected chi connectivity index (χ2v) is 6.04. The van der Waals surface area contributed by atoms with Crippen molar-refractivity contribution in [2.45, 2.75) is 32.1 Å². The quantitative estimate of drug-likeness (QED) is 0.708. The fourth-order valence-electron chi connectivity index (χ4n) is 4.79. The second kappa shape index (κ2) is 2.99. The molecule has 5 atom stereocenters. The zero-order valence-corrected chi connectivity index (χ0v) is 9.32. The SMILES string of the molecule is NC(=O)C1[C@@H]2CC3C[C@H]1CC(C(N)=O)(C3)C2. The summed E-state index contributed by atoms with van der Waals surface area (Å²) in [5.74, 6) is 0.903. The van der Waals surface area contributed by atoms with E-state index in [0.717, 1.165) is 32.1 Å². The van der Waals surface area contributed by atoms with Gasteiger partial charge in [0.15, 0.2) is 0 Å². The van der Waals surface area contributed by atoms with Crippen LogP contribution in [0.3, 0.4) is 0 Å². The predicted molar refractivity (Wildman–Crippen MR) is 57.9 cm³/mol. The summed E-state index contributed by atoms with van der Waals surface area (Å²) in [6.45, 7) is 0. The molecule has 4 bridgehead atoms. The van der Waals surface area contributed by atoms with Crippen molar-refractivity contribution in [1.82, 2.24) is 0 Å². The van der Waals surface area contributed by atoms with E-state index < -0.39 is 0 Å². The Morgan fingerprint density at radius 1 is 1.00 bits per heavy atom. The van der Waals surface area contributed by atoms with Gasteiger partial charge in [-0.3, -0.25) is 9.59 Å². The van der Waals surface area contributed by atoms with Gasteiger partial charge in [0.1, 0.15) is 0 Å². The molecule has 4 N–H and O–H groups in total. The van der Waals surface area contributed by atoms with Crippen LogP contribution in [-0.4, -0.2) is 11.8 Å². The molecule has 4 aliphatic carbocycles. The topological polar surface area (TPSA) is 86.2 Å². The van der Waals surface area contributed by atoms with Crippen LogP contribution in [0.5, 0.6) is 0 Å². The second-order valence-electron chi connectivity index (χ2n) is 6.04. The summed E-state index contributed by atoms with van der Waals surface area (Å²) in [5, 5.41) is 0. The van der Waals surface area contributed by atoms with Crippen molar-refractivity contribution < 1.29 is 9.59 Å². The molecule has 0 aromatic heterocycles. The Bertz CT molecular complexity index is 350. The minimum Gasteiger partial charge on any atom is -0.369 e. The Balaban J connectivity index is 1.95. The zero-order chi connectivity index (χ0) is 11.5. The van der Waals surface area contributed by atoms with Crippen LogP contribution in [0.15, 0.2) is 0 Å². The molecule has 4 nitrogen and oxygen atoms in total. The number of hydrogen-bond donors (Lipinski definition) is 2. The maximum absolute atomic E-state index is 11.6. The molecule has 88 valence electrons. The van der Waals surface area contributed by atoms with Gasteiger partial charge >= 0.3 is 0 Å². The lowest BCUT2D eigenvalue weighted by Crippen LogP contribution is -2.58. The molecule has 0 aromatic carbocycles. The third kappa shape index (κ3) is 1.16. The highest BCUT2D eigenvalue weighted by Crippen LogP contribution is 2.61. The number of rotatable bonds is 2. The minimum absolute atomic E-state index is 0.00373. The molecule has 4 rings (SSSR count). The normalized spacial score (nSPS) is 49.2. The lowest BCUT2D eigenvalue weighted by molar-refractivity contribution is -0.157. The van der Waals surface area contributed by atoms with E-state index in [-0.39, 0.29) is 23.1 Å². The molecule has 4 saturated carbocycles. The van der Waals surface area contributed by atoms with Gasteiger partial charge in [0.25, 0.3) is 0 Å². The van der Waals surface area contributed by atoms with Crippen molar-refractivity contribution in [1.29, 1.82) is 0 Å². The Kier molecular flexibility index (Phi) is 1.89. The molecule has 0 heterocycles. The zero-order valence-electron chi connectivity index (χ0n) is 9.32. The van der Waals surface area contributed by atoms with E-state index in [1.54, 1.807) is 0 Å². The van der Waals surface area contributed by atoms with Gasteiger partial charge in [-0.2, -0.15) is 0 Å². The number of nitrogens with two attached hydrogens (primary N) is 2. The van der Waals surface area contributed by atoms with Gasteiger partial charge in [0.05, 0.1) is 0 Å². The molecule has 0 saturated heterocycles. The lowest BCUT2D eigenvalue weighted by Gasteiger charge is -2.58. The predicted octanol–water partition coefficient (Wildman–Crippen LogP) is 0.399. The van der Waals surface area contributed by atoms with E-state index in [2.05, 4.69) is 0 Å². The highest BCUT2D eigenvalue weighted by molar-refractivity contribution is 5.83. The number of hydrogen-bond acceptors (Lipinski definition) is 2. The molecule has 4 heteroatoms. The molecule has 0 radical (unpaired) electrons. The van der Waals surface area contributed by atoms with Gasteiger partial charge in [0, 0.05) is 11.3 Å². The summed E-state index contributed by atoms with van der Waals surface area (Å²) in [6.07, 6.45) is 4.67. The van der Waals surface area contributed by atoms with Crippen molar-refractivity contribution in [3.63, 3.8) is 0 Å². The van der Waals surface area contributed by atoms with Crippen molar-refractivity contribution >= 4 is 11.8 Å². The molecule has 16 heavy (non-hydrogen) atoms. The highest BCUT2D eigenvalue weighted by Gasteiger charge is 2.58.